The van der Waals surface area contributed by atoms with Crippen LogP contribution >= 0.6 is 0 Å². The van der Waals surface area contributed by atoms with E-state index in [0.717, 1.165) is 11.3 Å². The monoisotopic (exact) mass is 281 g/mol. The molecule has 0 aliphatic heterocycles. The summed E-state index contributed by atoms with van der Waals surface area (Å²) in [5.74, 6) is 0.325. The second kappa shape index (κ2) is 6.48. The largest absolute Gasteiger partial charge is 0.361 e. The standard InChI is InChI=1S/C15H15N5O/c1-10(18-15-13(9-16)6-7-17-20-15)12-4-3-5-14(8-12)19-11(2)21/h3-8,10H,1-2H3,(H,18,20)(H,19,21). The zero-order valence-electron chi connectivity index (χ0n) is 11.8. The van der Waals surface area contributed by atoms with Gasteiger partial charge in [-0.25, -0.2) is 0 Å². The highest BCUT2D eigenvalue weighted by Gasteiger charge is 2.10. The van der Waals surface area contributed by atoms with Crippen molar-refractivity contribution in [3.8, 4) is 6.07 Å². The lowest BCUT2D eigenvalue weighted by molar-refractivity contribution is -0.114. The van der Waals surface area contributed by atoms with Gasteiger partial charge in [0.1, 0.15) is 6.07 Å². The van der Waals surface area contributed by atoms with E-state index in [-0.39, 0.29) is 11.9 Å². The number of hydrogen-bond donors (Lipinski definition) is 2. The van der Waals surface area contributed by atoms with Gasteiger partial charge in [-0.2, -0.15) is 10.4 Å². The van der Waals surface area contributed by atoms with Gasteiger partial charge >= 0.3 is 0 Å². The van der Waals surface area contributed by atoms with Crippen LogP contribution in [0.25, 0.3) is 0 Å². The van der Waals surface area contributed by atoms with Crippen LogP contribution in [0.3, 0.4) is 0 Å². The summed E-state index contributed by atoms with van der Waals surface area (Å²) in [4.78, 5) is 11.1. The van der Waals surface area contributed by atoms with Crippen LogP contribution in [0, 0.1) is 11.3 Å². The number of carbonyl (C=O) groups is 1. The van der Waals surface area contributed by atoms with Crippen molar-refractivity contribution in [3.05, 3.63) is 47.7 Å². The smallest absolute Gasteiger partial charge is 0.221 e. The quantitative estimate of drug-likeness (QED) is 0.898. The fourth-order valence-corrected chi connectivity index (χ4v) is 1.91. The van der Waals surface area contributed by atoms with Crippen LogP contribution in [0.2, 0.25) is 0 Å². The van der Waals surface area contributed by atoms with E-state index in [2.05, 4.69) is 26.9 Å². The van der Waals surface area contributed by atoms with Gasteiger partial charge in [-0.05, 0) is 30.7 Å². The third kappa shape index (κ3) is 3.76. The summed E-state index contributed by atoms with van der Waals surface area (Å²) in [5, 5.41) is 22.6. The van der Waals surface area contributed by atoms with Crippen LogP contribution in [0.4, 0.5) is 11.5 Å². The molecule has 0 bridgehead atoms. The second-order valence-electron chi connectivity index (χ2n) is 4.58. The second-order valence-corrected chi connectivity index (χ2v) is 4.58. The summed E-state index contributed by atoms with van der Waals surface area (Å²) in [6, 6.07) is 11.1. The van der Waals surface area contributed by atoms with Crippen molar-refractivity contribution in [1.29, 1.82) is 5.26 Å². The summed E-state index contributed by atoms with van der Waals surface area (Å²) in [5.41, 5.74) is 2.14. The molecule has 1 unspecified atom stereocenters. The Labute approximate surface area is 122 Å². The minimum absolute atomic E-state index is 0.0810. The molecule has 1 aromatic heterocycles. The fourth-order valence-electron chi connectivity index (χ4n) is 1.91. The molecule has 2 rings (SSSR count). The van der Waals surface area contributed by atoms with Crippen LogP contribution in [0.5, 0.6) is 0 Å². The zero-order valence-corrected chi connectivity index (χ0v) is 11.8. The zero-order chi connectivity index (χ0) is 15.2. The third-order valence-corrected chi connectivity index (χ3v) is 2.90. The first kappa shape index (κ1) is 14.5. The number of anilines is 2. The maximum atomic E-state index is 11.1. The van der Waals surface area contributed by atoms with Gasteiger partial charge in [0.2, 0.25) is 5.91 Å². The molecule has 2 N–H and O–H groups in total. The van der Waals surface area contributed by atoms with Gasteiger partial charge < -0.3 is 10.6 Å². The molecule has 0 fully saturated rings. The average molecular weight is 281 g/mol. The number of nitrogens with zero attached hydrogens (tertiary/aromatic N) is 3. The Hall–Kier alpha value is -2.94. The van der Waals surface area contributed by atoms with Crippen molar-refractivity contribution < 1.29 is 4.79 Å². The molecule has 1 aromatic carbocycles. The molecular formula is C15H15N5O. The minimum atomic E-state index is -0.117. The van der Waals surface area contributed by atoms with Gasteiger partial charge in [-0.15, -0.1) is 5.10 Å². The Morgan fingerprint density at radius 3 is 2.90 bits per heavy atom. The van der Waals surface area contributed by atoms with Gasteiger partial charge in [-0.3, -0.25) is 4.79 Å². The summed E-state index contributed by atoms with van der Waals surface area (Å²) in [6.07, 6.45) is 1.48. The van der Waals surface area contributed by atoms with E-state index in [1.54, 1.807) is 6.07 Å². The van der Waals surface area contributed by atoms with Gasteiger partial charge in [-0.1, -0.05) is 12.1 Å². The topological polar surface area (TPSA) is 90.7 Å². The number of carbonyl (C=O) groups excluding carboxylic acids is 1. The van der Waals surface area contributed by atoms with Crippen LogP contribution in [0.15, 0.2) is 36.5 Å². The van der Waals surface area contributed by atoms with E-state index in [0.29, 0.717) is 11.4 Å². The van der Waals surface area contributed by atoms with E-state index >= 15 is 0 Å². The van der Waals surface area contributed by atoms with Crippen molar-refractivity contribution in [2.45, 2.75) is 19.9 Å². The van der Waals surface area contributed by atoms with Gasteiger partial charge in [0.25, 0.3) is 0 Å². The van der Waals surface area contributed by atoms with Crippen molar-refractivity contribution in [1.82, 2.24) is 10.2 Å². The third-order valence-electron chi connectivity index (χ3n) is 2.90. The molecule has 21 heavy (non-hydrogen) atoms. The van der Waals surface area contributed by atoms with Crippen molar-refractivity contribution in [2.75, 3.05) is 10.6 Å². The SMILES string of the molecule is CC(=O)Nc1cccc(C(C)Nc2nnccc2C#N)c1. The molecule has 1 atom stereocenters. The van der Waals surface area contributed by atoms with Gasteiger partial charge in [0.05, 0.1) is 17.8 Å². The van der Waals surface area contributed by atoms with E-state index in [9.17, 15) is 4.79 Å². The number of nitriles is 1. The first-order valence-corrected chi connectivity index (χ1v) is 6.46. The molecule has 1 heterocycles. The fraction of sp³-hybridized carbons (Fsp3) is 0.200. The predicted octanol–water partition coefficient (Wildman–Crippen LogP) is 2.48. The lowest BCUT2D eigenvalue weighted by Crippen LogP contribution is -2.11. The lowest BCUT2D eigenvalue weighted by atomic mass is 10.1. The van der Waals surface area contributed by atoms with E-state index in [1.165, 1.54) is 13.1 Å². The highest BCUT2D eigenvalue weighted by Crippen LogP contribution is 2.22. The van der Waals surface area contributed by atoms with Crippen LogP contribution in [0.1, 0.15) is 31.0 Å². The number of aromatic nitrogens is 2. The van der Waals surface area contributed by atoms with Crippen molar-refractivity contribution >= 4 is 17.4 Å². The maximum Gasteiger partial charge on any atom is 0.221 e. The normalized spacial score (nSPS) is 11.3. The molecule has 1 amide bonds. The highest BCUT2D eigenvalue weighted by atomic mass is 16.1. The minimum Gasteiger partial charge on any atom is -0.361 e. The van der Waals surface area contributed by atoms with Gasteiger partial charge in [0.15, 0.2) is 5.82 Å². The molecule has 0 saturated heterocycles. The molecule has 106 valence electrons. The van der Waals surface area contributed by atoms with Crippen molar-refractivity contribution in [2.24, 2.45) is 0 Å². The van der Waals surface area contributed by atoms with E-state index in [1.807, 2.05) is 31.2 Å². The van der Waals surface area contributed by atoms with E-state index in [4.69, 9.17) is 5.26 Å². The molecular weight excluding hydrogens is 266 g/mol. The lowest BCUT2D eigenvalue weighted by Gasteiger charge is -2.16. The number of rotatable bonds is 4. The summed E-state index contributed by atoms with van der Waals surface area (Å²) in [6.45, 7) is 3.41. The van der Waals surface area contributed by atoms with Crippen molar-refractivity contribution in [3.63, 3.8) is 0 Å². The Balaban J connectivity index is 2.18. The Morgan fingerprint density at radius 2 is 2.19 bits per heavy atom. The predicted molar refractivity (Wildman–Crippen MR) is 79.5 cm³/mol. The van der Waals surface area contributed by atoms with E-state index < -0.39 is 0 Å². The molecule has 0 radical (unpaired) electrons. The Morgan fingerprint density at radius 1 is 1.38 bits per heavy atom. The molecule has 0 saturated carbocycles. The molecule has 0 aliphatic rings. The Bertz CT molecular complexity index is 692. The van der Waals surface area contributed by atoms with Crippen LogP contribution in [-0.2, 0) is 4.79 Å². The number of amides is 1. The average Bonchev–Trinajstić information content (AvgIpc) is 2.47. The van der Waals surface area contributed by atoms with Crippen LogP contribution in [-0.4, -0.2) is 16.1 Å². The molecule has 0 spiro atoms. The first-order valence-electron chi connectivity index (χ1n) is 6.46. The molecule has 0 aliphatic carbocycles. The summed E-state index contributed by atoms with van der Waals surface area (Å²) in [7, 11) is 0. The summed E-state index contributed by atoms with van der Waals surface area (Å²) < 4.78 is 0. The number of nitrogens with one attached hydrogen (secondary N) is 2. The molecule has 6 heteroatoms. The Kier molecular flexibility index (Phi) is 4.46. The number of hydrogen-bond acceptors (Lipinski definition) is 5. The maximum absolute atomic E-state index is 11.1. The molecule has 2 aromatic rings. The highest BCUT2D eigenvalue weighted by molar-refractivity contribution is 5.88. The molecule has 6 nitrogen and oxygen atoms in total. The number of benzene rings is 1. The van der Waals surface area contributed by atoms with Crippen LogP contribution < -0.4 is 10.6 Å². The summed E-state index contributed by atoms with van der Waals surface area (Å²) >= 11 is 0. The van der Waals surface area contributed by atoms with Gasteiger partial charge in [0, 0.05) is 12.6 Å². The first-order chi connectivity index (χ1) is 10.1.